The van der Waals surface area contributed by atoms with E-state index >= 15 is 0 Å². The normalized spacial score (nSPS) is 41.3. The molecule has 1 saturated heterocycles. The van der Waals surface area contributed by atoms with Gasteiger partial charge in [-0.3, -0.25) is 4.79 Å². The summed E-state index contributed by atoms with van der Waals surface area (Å²) in [4.78, 5) is 13.3. The van der Waals surface area contributed by atoms with E-state index < -0.39 is 23.1 Å². The summed E-state index contributed by atoms with van der Waals surface area (Å²) in [5, 5.41) is 43.1. The number of allylic oxidation sites excluding steroid dienone is 1. The quantitative estimate of drug-likeness (QED) is 0.347. The molecule has 38 heavy (non-hydrogen) atoms. The molecule has 0 spiro atoms. The predicted molar refractivity (Wildman–Crippen MR) is 145 cm³/mol. The summed E-state index contributed by atoms with van der Waals surface area (Å²) in [5.74, 6) is -0.785. The van der Waals surface area contributed by atoms with E-state index in [0.29, 0.717) is 25.7 Å². The number of carbonyl (C=O) groups is 1. The van der Waals surface area contributed by atoms with Crippen LogP contribution >= 0.6 is 0 Å². The summed E-state index contributed by atoms with van der Waals surface area (Å²) >= 11 is 0. The van der Waals surface area contributed by atoms with Crippen LogP contribution in [-0.2, 0) is 14.3 Å². The maximum Gasteiger partial charge on any atom is 0.163 e. The molecule has 0 bridgehead atoms. The molecule has 0 radical (unpaired) electrons. The lowest BCUT2D eigenvalue weighted by molar-refractivity contribution is -0.146. The highest BCUT2D eigenvalue weighted by atomic mass is 16.7. The number of aliphatic hydroxyl groups excluding tert-OH is 2. The van der Waals surface area contributed by atoms with E-state index in [1.165, 1.54) is 0 Å². The lowest BCUT2D eigenvalue weighted by atomic mass is 9.52. The van der Waals surface area contributed by atoms with Crippen LogP contribution in [0.15, 0.2) is 11.6 Å². The zero-order chi connectivity index (χ0) is 28.3. The van der Waals surface area contributed by atoms with Gasteiger partial charge in [-0.25, -0.2) is 0 Å². The van der Waals surface area contributed by atoms with Crippen molar-refractivity contribution in [3.63, 3.8) is 0 Å². The maximum absolute atomic E-state index is 13.3. The van der Waals surface area contributed by atoms with Gasteiger partial charge in [-0.1, -0.05) is 20.3 Å². The van der Waals surface area contributed by atoms with Crippen molar-refractivity contribution in [2.24, 2.45) is 28.6 Å². The topological polar surface area (TPSA) is 116 Å². The number of fused-ring (bicyclic) bond motifs is 2. The third-order valence-corrected chi connectivity index (χ3v) is 10.8. The van der Waals surface area contributed by atoms with Crippen molar-refractivity contribution in [3.05, 3.63) is 11.6 Å². The van der Waals surface area contributed by atoms with Crippen LogP contribution in [0.3, 0.4) is 0 Å². The molecule has 1 aliphatic heterocycles. The van der Waals surface area contributed by atoms with Crippen molar-refractivity contribution in [1.82, 2.24) is 0 Å². The zero-order valence-electron chi connectivity index (χ0n) is 24.6. The summed E-state index contributed by atoms with van der Waals surface area (Å²) < 4.78 is 12.4. The molecule has 4 N–H and O–H groups in total. The van der Waals surface area contributed by atoms with Crippen molar-refractivity contribution in [1.29, 1.82) is 0 Å². The molecular weight excluding hydrogens is 484 g/mol. The highest BCUT2D eigenvalue weighted by Gasteiger charge is 2.59. The number of hydrogen-bond acceptors (Lipinski definition) is 7. The second-order valence-electron chi connectivity index (χ2n) is 14.8. The fraction of sp³-hybridized carbons (Fsp3) is 0.903. The smallest absolute Gasteiger partial charge is 0.163 e. The lowest BCUT2D eigenvalue weighted by Gasteiger charge is -2.52. The minimum absolute atomic E-state index is 0.0339. The Morgan fingerprint density at radius 3 is 2.39 bits per heavy atom. The van der Waals surface area contributed by atoms with Gasteiger partial charge in [0.25, 0.3) is 0 Å². The van der Waals surface area contributed by atoms with Crippen LogP contribution in [0.25, 0.3) is 0 Å². The third kappa shape index (κ3) is 5.66. The minimum atomic E-state index is -1.26. The first-order chi connectivity index (χ1) is 17.4. The summed E-state index contributed by atoms with van der Waals surface area (Å²) in [6.45, 7) is 13.3. The average Bonchev–Trinajstić information content (AvgIpc) is 3.32. The van der Waals surface area contributed by atoms with E-state index in [0.717, 1.165) is 37.7 Å². The number of rotatable bonds is 9. The van der Waals surface area contributed by atoms with Gasteiger partial charge in [-0.05, 0) is 120 Å². The van der Waals surface area contributed by atoms with Crippen LogP contribution in [0, 0.1) is 28.6 Å². The van der Waals surface area contributed by atoms with Crippen LogP contribution < -0.4 is 0 Å². The Morgan fingerprint density at radius 1 is 1.11 bits per heavy atom. The first-order valence-corrected chi connectivity index (χ1v) is 14.8. The second-order valence-corrected chi connectivity index (χ2v) is 14.8. The number of hydrogen-bond donors (Lipinski definition) is 4. The molecular formula is C31H52O7. The standard InChI is InChI=1S/C31H52O7/c1-27(2,35)13-11-26(34)31(7,36)25-9-8-12-29(25,5)14-10-20-19(18-32)15-22(33)21-16-23-24(17-30(20,21)6)38-28(3,4)37-23/h15,20-21,23-26,32,34-36H,8-14,16-18H2,1-7H3. The molecule has 7 heteroatoms. The van der Waals surface area contributed by atoms with Crippen molar-refractivity contribution in [2.75, 3.05) is 6.61 Å². The molecule has 9 atom stereocenters. The number of carbonyl (C=O) groups excluding carboxylic acids is 1. The van der Waals surface area contributed by atoms with Gasteiger partial charge in [0.05, 0.1) is 36.1 Å². The Hall–Kier alpha value is -0.830. The Labute approximate surface area is 229 Å². The van der Waals surface area contributed by atoms with E-state index in [2.05, 4.69) is 13.8 Å². The first kappa shape index (κ1) is 30.1. The molecule has 3 aliphatic carbocycles. The van der Waals surface area contributed by atoms with Crippen molar-refractivity contribution in [3.8, 4) is 0 Å². The van der Waals surface area contributed by atoms with Crippen LogP contribution in [-0.4, -0.2) is 68.1 Å². The predicted octanol–water partition coefficient (Wildman–Crippen LogP) is 4.29. The fourth-order valence-corrected chi connectivity index (χ4v) is 8.68. The number of ketones is 1. The molecule has 4 rings (SSSR count). The molecule has 0 aromatic heterocycles. The average molecular weight is 537 g/mol. The van der Waals surface area contributed by atoms with Crippen molar-refractivity contribution in [2.45, 2.75) is 142 Å². The molecule has 9 unspecified atom stereocenters. The zero-order valence-corrected chi connectivity index (χ0v) is 24.6. The Kier molecular flexibility index (Phi) is 8.10. The second kappa shape index (κ2) is 10.2. The molecule has 0 amide bonds. The van der Waals surface area contributed by atoms with Crippen molar-refractivity contribution < 1.29 is 34.7 Å². The summed E-state index contributed by atoms with van der Waals surface area (Å²) in [6.07, 6.45) is 7.15. The lowest BCUT2D eigenvalue weighted by Crippen LogP contribution is -2.53. The van der Waals surface area contributed by atoms with Gasteiger partial charge in [-0.15, -0.1) is 0 Å². The van der Waals surface area contributed by atoms with E-state index in [4.69, 9.17) is 9.47 Å². The molecule has 0 aromatic rings. The van der Waals surface area contributed by atoms with Gasteiger partial charge < -0.3 is 29.9 Å². The third-order valence-electron chi connectivity index (χ3n) is 10.8. The molecule has 7 nitrogen and oxygen atoms in total. The summed E-state index contributed by atoms with van der Waals surface area (Å²) in [5.41, 5.74) is -1.87. The highest BCUT2D eigenvalue weighted by Crippen LogP contribution is 2.59. The first-order valence-electron chi connectivity index (χ1n) is 14.8. The SMILES string of the molecule is CC(C)(O)CCC(O)C(C)(O)C1CCCC1(C)CCC1C(CO)=CC(=O)C2CC3OC(C)(C)OC3CC21C. The van der Waals surface area contributed by atoms with E-state index in [-0.39, 0.29) is 53.2 Å². The molecule has 218 valence electrons. The van der Waals surface area contributed by atoms with Gasteiger partial charge in [0.1, 0.15) is 0 Å². The summed E-state index contributed by atoms with van der Waals surface area (Å²) in [7, 11) is 0. The highest BCUT2D eigenvalue weighted by molar-refractivity contribution is 5.94. The van der Waals surface area contributed by atoms with Gasteiger partial charge in [0.2, 0.25) is 0 Å². The molecule has 4 aliphatic rings. The summed E-state index contributed by atoms with van der Waals surface area (Å²) in [6, 6.07) is 0. The number of ether oxygens (including phenoxy) is 2. The maximum atomic E-state index is 13.3. The van der Waals surface area contributed by atoms with Crippen LogP contribution in [0.4, 0.5) is 0 Å². The molecule has 2 saturated carbocycles. The molecule has 1 heterocycles. The Morgan fingerprint density at radius 2 is 1.76 bits per heavy atom. The van der Waals surface area contributed by atoms with Crippen molar-refractivity contribution >= 4 is 5.78 Å². The fourth-order valence-electron chi connectivity index (χ4n) is 8.68. The van der Waals surface area contributed by atoms with Gasteiger partial charge in [0, 0.05) is 5.92 Å². The van der Waals surface area contributed by atoms with Crippen LogP contribution in [0.1, 0.15) is 106 Å². The van der Waals surface area contributed by atoms with E-state index in [1.54, 1.807) is 26.8 Å². The van der Waals surface area contributed by atoms with Gasteiger partial charge in [0.15, 0.2) is 11.6 Å². The van der Waals surface area contributed by atoms with Crippen LogP contribution in [0.5, 0.6) is 0 Å². The van der Waals surface area contributed by atoms with Crippen LogP contribution in [0.2, 0.25) is 0 Å². The van der Waals surface area contributed by atoms with Gasteiger partial charge >= 0.3 is 0 Å². The largest absolute Gasteiger partial charge is 0.392 e. The minimum Gasteiger partial charge on any atom is -0.392 e. The van der Waals surface area contributed by atoms with E-state index in [1.807, 2.05) is 13.8 Å². The Balaban J connectivity index is 1.54. The Bertz CT molecular complexity index is 918. The molecule has 0 aromatic carbocycles. The molecule has 3 fully saturated rings. The monoisotopic (exact) mass is 536 g/mol. The van der Waals surface area contributed by atoms with Gasteiger partial charge in [-0.2, -0.15) is 0 Å². The van der Waals surface area contributed by atoms with E-state index in [9.17, 15) is 25.2 Å². The number of aliphatic hydroxyl groups is 4.